The molecule has 3 aromatic rings. The van der Waals surface area contributed by atoms with Crippen molar-refractivity contribution in [3.8, 4) is 0 Å². The maximum atomic E-state index is 11.5. The van der Waals surface area contributed by atoms with E-state index in [9.17, 15) is 8.42 Å². The van der Waals surface area contributed by atoms with Crippen LogP contribution in [-0.2, 0) is 9.84 Å². The van der Waals surface area contributed by atoms with Gasteiger partial charge < -0.3 is 4.42 Å². The molecule has 0 saturated heterocycles. The van der Waals surface area contributed by atoms with E-state index >= 15 is 0 Å². The normalized spacial score (nSPS) is 12.3. The average Bonchev–Trinajstić information content (AvgIpc) is 2.67. The fraction of sp³-hybridized carbons (Fsp3) is 0.0769. The Bertz CT molecular complexity index is 862. The second kappa shape index (κ2) is 3.73. The molecule has 0 radical (unpaired) electrons. The van der Waals surface area contributed by atoms with Gasteiger partial charge in [0.25, 0.3) is 0 Å². The third-order valence-electron chi connectivity index (χ3n) is 2.85. The fourth-order valence-corrected chi connectivity index (χ4v) is 2.83. The highest BCUT2D eigenvalue weighted by atomic mass is 35.5. The maximum absolute atomic E-state index is 11.5. The van der Waals surface area contributed by atoms with Crippen LogP contribution in [0.1, 0.15) is 0 Å². The molecule has 0 saturated carbocycles. The van der Waals surface area contributed by atoms with Gasteiger partial charge in [-0.05, 0) is 24.3 Å². The smallest absolute Gasteiger partial charge is 0.175 e. The highest BCUT2D eigenvalue weighted by Gasteiger charge is 2.13. The highest BCUT2D eigenvalue weighted by molar-refractivity contribution is 7.90. The van der Waals surface area contributed by atoms with E-state index in [1.165, 1.54) is 12.3 Å². The number of sulfone groups is 1. The summed E-state index contributed by atoms with van der Waals surface area (Å²) in [7, 11) is -3.23. The summed E-state index contributed by atoms with van der Waals surface area (Å²) in [4.78, 5) is 0.276. The second-order valence-corrected chi connectivity index (χ2v) is 6.57. The van der Waals surface area contributed by atoms with Crippen molar-refractivity contribution in [1.82, 2.24) is 0 Å². The van der Waals surface area contributed by atoms with Crippen molar-refractivity contribution in [2.75, 3.05) is 6.26 Å². The predicted molar refractivity (Wildman–Crippen MR) is 71.8 cm³/mol. The Morgan fingerprint density at radius 2 is 1.89 bits per heavy atom. The Hall–Kier alpha value is -1.52. The summed E-state index contributed by atoms with van der Waals surface area (Å²) in [6, 6.07) is 10.2. The minimum atomic E-state index is -3.23. The Morgan fingerprint density at radius 1 is 1.11 bits per heavy atom. The number of fused-ring (bicyclic) bond motifs is 3. The van der Waals surface area contributed by atoms with Crippen molar-refractivity contribution in [2.45, 2.75) is 4.90 Å². The van der Waals surface area contributed by atoms with Crippen molar-refractivity contribution in [3.63, 3.8) is 0 Å². The highest BCUT2D eigenvalue weighted by Crippen LogP contribution is 2.34. The van der Waals surface area contributed by atoms with Crippen LogP contribution in [0.3, 0.4) is 0 Å². The molecule has 0 amide bonds. The maximum Gasteiger partial charge on any atom is 0.175 e. The zero-order valence-electron chi connectivity index (χ0n) is 9.48. The molecule has 0 bridgehead atoms. The van der Waals surface area contributed by atoms with Crippen LogP contribution < -0.4 is 0 Å². The molecule has 2 aromatic carbocycles. The van der Waals surface area contributed by atoms with E-state index < -0.39 is 9.84 Å². The molecule has 5 heteroatoms. The predicted octanol–water partition coefficient (Wildman–Crippen LogP) is 3.64. The summed E-state index contributed by atoms with van der Waals surface area (Å²) in [6.45, 7) is 0. The van der Waals surface area contributed by atoms with Crippen LogP contribution in [0.4, 0.5) is 0 Å². The molecule has 0 spiro atoms. The number of halogens is 1. The molecule has 0 aliphatic rings. The lowest BCUT2D eigenvalue weighted by Gasteiger charge is -1.97. The molecule has 0 N–H and O–H groups in total. The number of furan rings is 1. The molecule has 3 nitrogen and oxygen atoms in total. The van der Waals surface area contributed by atoms with Crippen LogP contribution in [0.5, 0.6) is 0 Å². The van der Waals surface area contributed by atoms with Gasteiger partial charge in [0, 0.05) is 17.0 Å². The molecule has 18 heavy (non-hydrogen) atoms. The van der Waals surface area contributed by atoms with Crippen LogP contribution in [0.25, 0.3) is 21.9 Å². The SMILES string of the molecule is CS(=O)(=O)c1ccc2oc3c(Cl)cccc3c2c1. The Morgan fingerprint density at radius 3 is 2.61 bits per heavy atom. The van der Waals surface area contributed by atoms with Gasteiger partial charge in [0.05, 0.1) is 9.92 Å². The van der Waals surface area contributed by atoms with Gasteiger partial charge in [-0.15, -0.1) is 0 Å². The third kappa shape index (κ3) is 1.69. The number of para-hydroxylation sites is 1. The lowest BCUT2D eigenvalue weighted by molar-refractivity contribution is 0.602. The van der Waals surface area contributed by atoms with Crippen LogP contribution in [-0.4, -0.2) is 14.7 Å². The molecule has 1 heterocycles. The van der Waals surface area contributed by atoms with Gasteiger partial charge in [-0.25, -0.2) is 8.42 Å². The number of benzene rings is 2. The Labute approximate surface area is 109 Å². The molecule has 92 valence electrons. The summed E-state index contributed by atoms with van der Waals surface area (Å²) >= 11 is 6.05. The van der Waals surface area contributed by atoms with Gasteiger partial charge in [-0.2, -0.15) is 0 Å². The monoisotopic (exact) mass is 280 g/mol. The van der Waals surface area contributed by atoms with E-state index in [-0.39, 0.29) is 4.90 Å². The van der Waals surface area contributed by atoms with Crippen LogP contribution in [0.15, 0.2) is 45.7 Å². The van der Waals surface area contributed by atoms with Crippen LogP contribution >= 0.6 is 11.6 Å². The minimum Gasteiger partial charge on any atom is -0.454 e. The van der Waals surface area contributed by atoms with Gasteiger partial charge >= 0.3 is 0 Å². The topological polar surface area (TPSA) is 47.3 Å². The number of hydrogen-bond acceptors (Lipinski definition) is 3. The van der Waals surface area contributed by atoms with Gasteiger partial charge in [0.1, 0.15) is 5.58 Å². The standard InChI is InChI=1S/C13H9ClO3S/c1-18(15,16)8-5-6-12-10(7-8)9-3-2-4-11(14)13(9)17-12/h2-7H,1H3. The Balaban J connectivity index is 2.47. The first-order valence-electron chi connectivity index (χ1n) is 5.27. The lowest BCUT2D eigenvalue weighted by atomic mass is 10.1. The summed E-state index contributed by atoms with van der Waals surface area (Å²) in [5, 5.41) is 2.10. The summed E-state index contributed by atoms with van der Waals surface area (Å²) in [5.74, 6) is 0. The number of rotatable bonds is 1. The van der Waals surface area contributed by atoms with Crippen molar-refractivity contribution in [2.24, 2.45) is 0 Å². The van der Waals surface area contributed by atoms with Crippen LogP contribution in [0.2, 0.25) is 5.02 Å². The molecular formula is C13H9ClO3S. The lowest BCUT2D eigenvalue weighted by Crippen LogP contribution is -1.95. The molecule has 1 aromatic heterocycles. The van der Waals surface area contributed by atoms with E-state index in [2.05, 4.69) is 0 Å². The van der Waals surface area contributed by atoms with E-state index in [1.807, 2.05) is 12.1 Å². The summed E-state index contributed by atoms with van der Waals surface area (Å²) in [5.41, 5.74) is 1.21. The molecule has 0 unspecified atom stereocenters. The van der Waals surface area contributed by atoms with Crippen molar-refractivity contribution < 1.29 is 12.8 Å². The Kier molecular flexibility index (Phi) is 2.40. The minimum absolute atomic E-state index is 0.276. The molecule has 0 atom stereocenters. The van der Waals surface area contributed by atoms with E-state index in [0.717, 1.165) is 10.8 Å². The molecule has 3 rings (SSSR count). The first-order chi connectivity index (χ1) is 8.47. The van der Waals surface area contributed by atoms with Crippen LogP contribution in [0, 0.1) is 0 Å². The van der Waals surface area contributed by atoms with Crippen molar-refractivity contribution in [3.05, 3.63) is 41.4 Å². The van der Waals surface area contributed by atoms with Gasteiger partial charge in [-0.3, -0.25) is 0 Å². The first-order valence-corrected chi connectivity index (χ1v) is 7.54. The number of hydrogen-bond donors (Lipinski definition) is 0. The molecular weight excluding hydrogens is 272 g/mol. The third-order valence-corrected chi connectivity index (χ3v) is 4.26. The van der Waals surface area contributed by atoms with E-state index in [4.69, 9.17) is 16.0 Å². The summed E-state index contributed by atoms with van der Waals surface area (Å²) < 4.78 is 28.7. The van der Waals surface area contributed by atoms with E-state index in [1.54, 1.807) is 18.2 Å². The van der Waals surface area contributed by atoms with Gasteiger partial charge in [0.15, 0.2) is 15.4 Å². The summed E-state index contributed by atoms with van der Waals surface area (Å²) in [6.07, 6.45) is 1.18. The molecule has 0 aliphatic carbocycles. The molecule has 0 fully saturated rings. The zero-order valence-corrected chi connectivity index (χ0v) is 11.0. The van der Waals surface area contributed by atoms with Gasteiger partial charge in [0.2, 0.25) is 0 Å². The largest absolute Gasteiger partial charge is 0.454 e. The quantitative estimate of drug-likeness (QED) is 0.684. The van der Waals surface area contributed by atoms with Gasteiger partial charge in [-0.1, -0.05) is 23.7 Å². The van der Waals surface area contributed by atoms with Crippen molar-refractivity contribution >= 4 is 43.4 Å². The van der Waals surface area contributed by atoms with E-state index in [0.29, 0.717) is 16.2 Å². The second-order valence-electron chi connectivity index (χ2n) is 4.15. The fourth-order valence-electron chi connectivity index (χ4n) is 1.97. The van der Waals surface area contributed by atoms with Crippen molar-refractivity contribution in [1.29, 1.82) is 0 Å². The first kappa shape index (κ1) is 11.6. The average molecular weight is 281 g/mol. The zero-order chi connectivity index (χ0) is 12.9. The molecule has 0 aliphatic heterocycles.